The smallest absolute Gasteiger partial charge is 0.338 e. The SMILES string of the molecule is CC(C)(C)OC(=O)c1ccc(CCCC2CCc3nc(N)[nH]c(=O)c32)cc1. The molecule has 27 heavy (non-hydrogen) atoms. The van der Waals surface area contributed by atoms with Gasteiger partial charge in [0.2, 0.25) is 5.95 Å². The van der Waals surface area contributed by atoms with Gasteiger partial charge in [-0.05, 0) is 76.5 Å². The highest BCUT2D eigenvalue weighted by Gasteiger charge is 2.27. The molecule has 3 rings (SSSR count). The molecule has 1 aliphatic rings. The van der Waals surface area contributed by atoms with E-state index in [9.17, 15) is 9.59 Å². The minimum absolute atomic E-state index is 0.0956. The summed E-state index contributed by atoms with van der Waals surface area (Å²) in [7, 11) is 0. The predicted molar refractivity (Wildman–Crippen MR) is 105 cm³/mol. The Morgan fingerprint density at radius 1 is 1.30 bits per heavy atom. The summed E-state index contributed by atoms with van der Waals surface area (Å²) < 4.78 is 5.38. The van der Waals surface area contributed by atoms with E-state index in [1.54, 1.807) is 0 Å². The number of hydrogen-bond acceptors (Lipinski definition) is 5. The number of hydrogen-bond donors (Lipinski definition) is 2. The van der Waals surface area contributed by atoms with Crippen LogP contribution < -0.4 is 11.3 Å². The van der Waals surface area contributed by atoms with Gasteiger partial charge in [-0.1, -0.05) is 12.1 Å². The van der Waals surface area contributed by atoms with Gasteiger partial charge < -0.3 is 10.5 Å². The van der Waals surface area contributed by atoms with Crippen LogP contribution in [0.25, 0.3) is 0 Å². The minimum Gasteiger partial charge on any atom is -0.456 e. The maximum atomic E-state index is 12.2. The molecule has 1 heterocycles. The first-order valence-corrected chi connectivity index (χ1v) is 9.44. The van der Waals surface area contributed by atoms with Crippen LogP contribution in [0.15, 0.2) is 29.1 Å². The zero-order chi connectivity index (χ0) is 19.6. The van der Waals surface area contributed by atoms with Crippen LogP contribution in [0.1, 0.15) is 73.1 Å². The van der Waals surface area contributed by atoms with E-state index in [0.29, 0.717) is 5.56 Å². The van der Waals surface area contributed by atoms with E-state index in [1.807, 2.05) is 45.0 Å². The first kappa shape index (κ1) is 19.1. The summed E-state index contributed by atoms with van der Waals surface area (Å²) in [5, 5.41) is 0. The number of esters is 1. The second-order valence-corrected chi connectivity index (χ2v) is 8.14. The molecule has 0 aliphatic heterocycles. The van der Waals surface area contributed by atoms with E-state index in [2.05, 4.69) is 9.97 Å². The van der Waals surface area contributed by atoms with Gasteiger partial charge in [-0.15, -0.1) is 0 Å². The molecule has 6 heteroatoms. The Kier molecular flexibility index (Phi) is 5.35. The molecule has 1 aromatic carbocycles. The summed E-state index contributed by atoms with van der Waals surface area (Å²) in [5.74, 6) is 0.143. The molecule has 144 valence electrons. The van der Waals surface area contributed by atoms with Crippen molar-refractivity contribution in [2.45, 2.75) is 64.4 Å². The number of aryl methyl sites for hydroxylation is 2. The van der Waals surface area contributed by atoms with Crippen LogP contribution in [0.2, 0.25) is 0 Å². The topological polar surface area (TPSA) is 98.1 Å². The Labute approximate surface area is 159 Å². The number of nitrogens with one attached hydrogen (secondary N) is 1. The minimum atomic E-state index is -0.495. The van der Waals surface area contributed by atoms with E-state index in [1.165, 1.54) is 5.56 Å². The fraction of sp³-hybridized carbons (Fsp3) is 0.476. The number of anilines is 1. The Hall–Kier alpha value is -2.63. The number of nitrogens with two attached hydrogens (primary N) is 1. The van der Waals surface area contributed by atoms with E-state index >= 15 is 0 Å². The van der Waals surface area contributed by atoms with Gasteiger partial charge in [0.25, 0.3) is 5.56 Å². The van der Waals surface area contributed by atoms with Crippen LogP contribution in [-0.2, 0) is 17.6 Å². The zero-order valence-electron chi connectivity index (χ0n) is 16.2. The number of aromatic amines is 1. The lowest BCUT2D eigenvalue weighted by atomic mass is 9.95. The van der Waals surface area contributed by atoms with Crippen molar-refractivity contribution in [2.75, 3.05) is 5.73 Å². The number of fused-ring (bicyclic) bond motifs is 1. The van der Waals surface area contributed by atoms with Crippen molar-refractivity contribution < 1.29 is 9.53 Å². The second kappa shape index (κ2) is 7.55. The molecular formula is C21H27N3O3. The number of benzene rings is 1. The molecule has 0 saturated heterocycles. The summed E-state index contributed by atoms with van der Waals surface area (Å²) in [5.41, 5.74) is 8.42. The van der Waals surface area contributed by atoms with Crippen molar-refractivity contribution in [3.63, 3.8) is 0 Å². The van der Waals surface area contributed by atoms with Crippen LogP contribution in [0.3, 0.4) is 0 Å². The third kappa shape index (κ3) is 4.76. The monoisotopic (exact) mass is 369 g/mol. The molecule has 0 saturated carbocycles. The van der Waals surface area contributed by atoms with Gasteiger partial charge in [0.15, 0.2) is 0 Å². The highest BCUT2D eigenvalue weighted by molar-refractivity contribution is 5.89. The molecular weight excluding hydrogens is 342 g/mol. The van der Waals surface area contributed by atoms with Crippen LogP contribution in [0.5, 0.6) is 0 Å². The molecule has 2 aromatic rings. The molecule has 1 aromatic heterocycles. The Balaban J connectivity index is 1.55. The highest BCUT2D eigenvalue weighted by Crippen LogP contribution is 2.33. The fourth-order valence-corrected chi connectivity index (χ4v) is 3.60. The van der Waals surface area contributed by atoms with E-state index in [4.69, 9.17) is 10.5 Å². The second-order valence-electron chi connectivity index (χ2n) is 8.14. The molecule has 3 N–H and O–H groups in total. The third-order valence-electron chi connectivity index (χ3n) is 4.80. The molecule has 0 radical (unpaired) electrons. The average molecular weight is 369 g/mol. The standard InChI is InChI=1S/C21H27N3O3/c1-21(2,3)27-19(26)15-9-7-13(8-10-15)5-4-6-14-11-12-16-17(14)18(25)24-20(22)23-16/h7-10,14H,4-6,11-12H2,1-3H3,(H3,22,23,24,25). The van der Waals surface area contributed by atoms with Crippen LogP contribution in [-0.4, -0.2) is 21.5 Å². The van der Waals surface area contributed by atoms with Gasteiger partial charge in [-0.2, -0.15) is 0 Å². The lowest BCUT2D eigenvalue weighted by molar-refractivity contribution is 0.00695. The van der Waals surface area contributed by atoms with Crippen LogP contribution in [0, 0.1) is 0 Å². The van der Waals surface area contributed by atoms with Gasteiger partial charge >= 0.3 is 5.97 Å². The number of carbonyl (C=O) groups excluding carboxylic acids is 1. The van der Waals surface area contributed by atoms with Gasteiger partial charge in [0.1, 0.15) is 5.60 Å². The maximum Gasteiger partial charge on any atom is 0.338 e. The lowest BCUT2D eigenvalue weighted by Gasteiger charge is -2.19. The summed E-state index contributed by atoms with van der Waals surface area (Å²) in [6.07, 6.45) is 4.58. The molecule has 1 atom stereocenters. The van der Waals surface area contributed by atoms with Gasteiger partial charge in [-0.25, -0.2) is 9.78 Å². The highest BCUT2D eigenvalue weighted by atomic mass is 16.6. The number of ether oxygens (including phenoxy) is 1. The normalized spacial score (nSPS) is 16.2. The Bertz CT molecular complexity index is 879. The number of nitrogens with zero attached hydrogens (tertiary/aromatic N) is 1. The quantitative estimate of drug-likeness (QED) is 0.788. The fourth-order valence-electron chi connectivity index (χ4n) is 3.60. The molecule has 1 unspecified atom stereocenters. The van der Waals surface area contributed by atoms with Crippen LogP contribution >= 0.6 is 0 Å². The number of rotatable bonds is 5. The van der Waals surface area contributed by atoms with Crippen molar-refractivity contribution in [3.05, 3.63) is 57.0 Å². The maximum absolute atomic E-state index is 12.2. The molecule has 0 fully saturated rings. The number of H-pyrrole nitrogens is 1. The van der Waals surface area contributed by atoms with Crippen molar-refractivity contribution in [1.29, 1.82) is 0 Å². The largest absolute Gasteiger partial charge is 0.456 e. The zero-order valence-corrected chi connectivity index (χ0v) is 16.2. The number of carbonyl (C=O) groups is 1. The number of nitrogen functional groups attached to an aromatic ring is 1. The molecule has 0 bridgehead atoms. The summed E-state index contributed by atoms with van der Waals surface area (Å²) in [6, 6.07) is 7.56. The molecule has 0 amide bonds. The Morgan fingerprint density at radius 2 is 2.00 bits per heavy atom. The molecule has 6 nitrogen and oxygen atoms in total. The van der Waals surface area contributed by atoms with E-state index < -0.39 is 5.60 Å². The summed E-state index contributed by atoms with van der Waals surface area (Å²) >= 11 is 0. The average Bonchev–Trinajstić information content (AvgIpc) is 2.97. The summed E-state index contributed by atoms with van der Waals surface area (Å²) in [4.78, 5) is 31.1. The summed E-state index contributed by atoms with van der Waals surface area (Å²) in [6.45, 7) is 5.57. The third-order valence-corrected chi connectivity index (χ3v) is 4.80. The molecule has 1 aliphatic carbocycles. The first-order chi connectivity index (χ1) is 12.7. The van der Waals surface area contributed by atoms with Gasteiger partial charge in [0.05, 0.1) is 11.3 Å². The van der Waals surface area contributed by atoms with Crippen molar-refractivity contribution in [1.82, 2.24) is 9.97 Å². The van der Waals surface area contributed by atoms with E-state index in [0.717, 1.165) is 43.4 Å². The lowest BCUT2D eigenvalue weighted by Crippen LogP contribution is -2.23. The van der Waals surface area contributed by atoms with E-state index in [-0.39, 0.29) is 23.4 Å². The van der Waals surface area contributed by atoms with Gasteiger partial charge in [-0.3, -0.25) is 9.78 Å². The van der Waals surface area contributed by atoms with Crippen molar-refractivity contribution >= 4 is 11.9 Å². The van der Waals surface area contributed by atoms with Crippen molar-refractivity contribution in [2.24, 2.45) is 0 Å². The predicted octanol–water partition coefficient (Wildman–Crippen LogP) is 3.36. The van der Waals surface area contributed by atoms with Gasteiger partial charge in [0, 0.05) is 5.56 Å². The molecule has 0 spiro atoms. The number of aromatic nitrogens is 2. The Morgan fingerprint density at radius 3 is 2.67 bits per heavy atom. The first-order valence-electron chi connectivity index (χ1n) is 9.44. The van der Waals surface area contributed by atoms with Crippen LogP contribution in [0.4, 0.5) is 5.95 Å². The van der Waals surface area contributed by atoms with Crippen molar-refractivity contribution in [3.8, 4) is 0 Å².